The van der Waals surface area contributed by atoms with Gasteiger partial charge in [-0.2, -0.15) is 5.10 Å². The lowest BCUT2D eigenvalue weighted by Crippen LogP contribution is -2.49. The van der Waals surface area contributed by atoms with Crippen LogP contribution in [0.25, 0.3) is 0 Å². The van der Waals surface area contributed by atoms with Crippen molar-refractivity contribution >= 4 is 34.8 Å². The molecule has 10 heteroatoms. The Hall–Kier alpha value is -2.16. The Morgan fingerprint density at radius 3 is 2.56 bits per heavy atom. The minimum absolute atomic E-state index is 0.0952. The summed E-state index contributed by atoms with van der Waals surface area (Å²) in [5, 5.41) is 15.8. The molecular weight excluding hydrogens is 393 g/mol. The Labute approximate surface area is 166 Å². The first-order valence-corrected chi connectivity index (χ1v) is 9.24. The maximum Gasteiger partial charge on any atom is 0.307 e. The minimum Gasteiger partial charge on any atom is -0.338 e. The molecule has 0 saturated carbocycles. The van der Waals surface area contributed by atoms with E-state index >= 15 is 0 Å². The van der Waals surface area contributed by atoms with E-state index in [1.54, 1.807) is 17.9 Å². The van der Waals surface area contributed by atoms with Gasteiger partial charge >= 0.3 is 5.69 Å². The molecule has 8 nitrogen and oxygen atoms in total. The van der Waals surface area contributed by atoms with Crippen LogP contribution in [0.5, 0.6) is 0 Å². The number of carbonyl (C=O) groups excluding carboxylic acids is 1. The maximum absolute atomic E-state index is 12.7. The van der Waals surface area contributed by atoms with Crippen molar-refractivity contribution in [1.29, 1.82) is 0 Å². The molecule has 2 heterocycles. The molecule has 1 amide bonds. The van der Waals surface area contributed by atoms with Gasteiger partial charge in [0.2, 0.25) is 5.91 Å². The van der Waals surface area contributed by atoms with E-state index in [2.05, 4.69) is 10.00 Å². The molecule has 2 aromatic rings. The SMILES string of the molecule is CC(C(=O)N1CCN(Cc2ccc(Cl)c(Cl)c2)CC1)n1cc([N+](=O)[O-])cn1. The van der Waals surface area contributed by atoms with Crippen LogP contribution in [-0.2, 0) is 11.3 Å². The first-order valence-electron chi connectivity index (χ1n) is 8.49. The average molecular weight is 412 g/mol. The first kappa shape index (κ1) is 19.6. The monoisotopic (exact) mass is 411 g/mol. The third-order valence-electron chi connectivity index (χ3n) is 4.63. The molecule has 27 heavy (non-hydrogen) atoms. The zero-order chi connectivity index (χ0) is 19.6. The van der Waals surface area contributed by atoms with E-state index in [0.29, 0.717) is 23.1 Å². The Balaban J connectivity index is 1.55. The molecule has 1 unspecified atom stereocenters. The summed E-state index contributed by atoms with van der Waals surface area (Å²) in [6.45, 7) is 5.08. The number of nitro groups is 1. The fraction of sp³-hybridized carbons (Fsp3) is 0.412. The fourth-order valence-corrected chi connectivity index (χ4v) is 3.35. The van der Waals surface area contributed by atoms with Gasteiger partial charge in [-0.15, -0.1) is 0 Å². The summed E-state index contributed by atoms with van der Waals surface area (Å²) in [6.07, 6.45) is 2.43. The molecule has 1 atom stereocenters. The van der Waals surface area contributed by atoms with Crippen molar-refractivity contribution in [1.82, 2.24) is 19.6 Å². The van der Waals surface area contributed by atoms with Crippen LogP contribution in [-0.4, -0.2) is 56.6 Å². The van der Waals surface area contributed by atoms with Crippen LogP contribution in [0.4, 0.5) is 5.69 Å². The summed E-state index contributed by atoms with van der Waals surface area (Å²) >= 11 is 12.0. The van der Waals surface area contributed by atoms with Gasteiger partial charge in [-0.05, 0) is 24.6 Å². The van der Waals surface area contributed by atoms with Gasteiger partial charge in [-0.25, -0.2) is 0 Å². The van der Waals surface area contributed by atoms with Crippen molar-refractivity contribution in [3.63, 3.8) is 0 Å². The van der Waals surface area contributed by atoms with E-state index in [0.717, 1.165) is 31.4 Å². The second-order valence-electron chi connectivity index (χ2n) is 6.46. The Morgan fingerprint density at radius 2 is 1.96 bits per heavy atom. The standard InChI is InChI=1S/C17H19Cl2N5O3/c1-12(23-11-14(9-20-23)24(26)27)17(25)22-6-4-21(5-7-22)10-13-2-3-15(18)16(19)8-13/h2-3,8-9,11-12H,4-7,10H2,1H3. The van der Waals surface area contributed by atoms with Crippen LogP contribution >= 0.6 is 23.2 Å². The number of carbonyl (C=O) groups is 1. The van der Waals surface area contributed by atoms with Gasteiger partial charge in [0.05, 0.1) is 15.0 Å². The molecule has 0 spiro atoms. The fourth-order valence-electron chi connectivity index (χ4n) is 3.03. The van der Waals surface area contributed by atoms with Crippen molar-refractivity contribution < 1.29 is 9.72 Å². The first-order chi connectivity index (χ1) is 12.8. The summed E-state index contributed by atoms with van der Waals surface area (Å²) in [4.78, 5) is 26.9. The Bertz CT molecular complexity index is 849. The van der Waals surface area contributed by atoms with Gasteiger partial charge in [0.15, 0.2) is 0 Å². The number of piperazine rings is 1. The lowest BCUT2D eigenvalue weighted by Gasteiger charge is -2.36. The van der Waals surface area contributed by atoms with Crippen LogP contribution < -0.4 is 0 Å². The third kappa shape index (κ3) is 4.58. The van der Waals surface area contributed by atoms with Crippen molar-refractivity contribution in [2.24, 2.45) is 0 Å². The molecular formula is C17H19Cl2N5O3. The van der Waals surface area contributed by atoms with E-state index in [9.17, 15) is 14.9 Å². The van der Waals surface area contributed by atoms with E-state index in [-0.39, 0.29) is 11.6 Å². The maximum atomic E-state index is 12.7. The summed E-state index contributed by atoms with van der Waals surface area (Å²) in [5.74, 6) is -0.0952. The van der Waals surface area contributed by atoms with Gasteiger partial charge in [0.25, 0.3) is 0 Å². The average Bonchev–Trinajstić information content (AvgIpc) is 3.15. The molecule has 1 fully saturated rings. The molecule has 1 aliphatic heterocycles. The highest BCUT2D eigenvalue weighted by molar-refractivity contribution is 6.42. The number of benzene rings is 1. The highest BCUT2D eigenvalue weighted by atomic mass is 35.5. The summed E-state index contributed by atoms with van der Waals surface area (Å²) in [7, 11) is 0. The van der Waals surface area contributed by atoms with Gasteiger partial charge in [-0.3, -0.25) is 24.5 Å². The third-order valence-corrected chi connectivity index (χ3v) is 5.37. The van der Waals surface area contributed by atoms with Crippen LogP contribution in [0, 0.1) is 10.1 Å². The molecule has 0 N–H and O–H groups in total. The van der Waals surface area contributed by atoms with Crippen molar-refractivity contribution in [2.45, 2.75) is 19.5 Å². The van der Waals surface area contributed by atoms with Gasteiger partial charge < -0.3 is 4.90 Å². The number of hydrogen-bond donors (Lipinski definition) is 0. The smallest absolute Gasteiger partial charge is 0.307 e. The zero-order valence-electron chi connectivity index (χ0n) is 14.7. The number of rotatable bonds is 5. The van der Waals surface area contributed by atoms with E-state index in [1.165, 1.54) is 10.9 Å². The van der Waals surface area contributed by atoms with Crippen molar-refractivity contribution in [3.05, 3.63) is 56.3 Å². The lowest BCUT2D eigenvalue weighted by atomic mass is 10.2. The highest BCUT2D eigenvalue weighted by Gasteiger charge is 2.27. The van der Waals surface area contributed by atoms with Crippen LogP contribution in [0.2, 0.25) is 10.0 Å². The molecule has 3 rings (SSSR count). The van der Waals surface area contributed by atoms with Crippen molar-refractivity contribution in [3.8, 4) is 0 Å². The summed E-state index contributed by atoms with van der Waals surface area (Å²) in [5.41, 5.74) is 0.947. The predicted molar refractivity (Wildman–Crippen MR) is 102 cm³/mol. The van der Waals surface area contributed by atoms with Crippen LogP contribution in [0.3, 0.4) is 0 Å². The van der Waals surface area contributed by atoms with Gasteiger partial charge in [0.1, 0.15) is 18.4 Å². The Kier molecular flexibility index (Phi) is 5.98. The van der Waals surface area contributed by atoms with Crippen molar-refractivity contribution in [2.75, 3.05) is 26.2 Å². The number of halogens is 2. The van der Waals surface area contributed by atoms with E-state index in [1.807, 2.05) is 12.1 Å². The summed E-state index contributed by atoms with van der Waals surface area (Å²) < 4.78 is 1.34. The number of hydrogen-bond acceptors (Lipinski definition) is 5. The summed E-state index contributed by atoms with van der Waals surface area (Å²) in [6, 6.07) is 5.00. The van der Waals surface area contributed by atoms with Crippen LogP contribution in [0.15, 0.2) is 30.6 Å². The number of amides is 1. The molecule has 0 aliphatic carbocycles. The molecule has 1 saturated heterocycles. The molecule has 144 valence electrons. The van der Waals surface area contributed by atoms with E-state index in [4.69, 9.17) is 23.2 Å². The number of nitrogens with zero attached hydrogens (tertiary/aromatic N) is 5. The highest BCUT2D eigenvalue weighted by Crippen LogP contribution is 2.23. The predicted octanol–water partition coefficient (Wildman–Crippen LogP) is 3.00. The molecule has 0 bridgehead atoms. The van der Waals surface area contributed by atoms with Crippen LogP contribution in [0.1, 0.15) is 18.5 Å². The molecule has 1 aromatic heterocycles. The second-order valence-corrected chi connectivity index (χ2v) is 7.28. The normalized spacial score (nSPS) is 16.3. The zero-order valence-corrected chi connectivity index (χ0v) is 16.2. The largest absolute Gasteiger partial charge is 0.338 e. The molecule has 0 radical (unpaired) electrons. The molecule has 1 aromatic carbocycles. The topological polar surface area (TPSA) is 84.5 Å². The lowest BCUT2D eigenvalue weighted by molar-refractivity contribution is -0.385. The van der Waals surface area contributed by atoms with E-state index < -0.39 is 11.0 Å². The molecule has 1 aliphatic rings. The minimum atomic E-state index is -0.583. The van der Waals surface area contributed by atoms with Gasteiger partial charge in [0, 0.05) is 32.7 Å². The quantitative estimate of drug-likeness (QED) is 0.557. The van der Waals surface area contributed by atoms with Gasteiger partial charge in [-0.1, -0.05) is 29.3 Å². The number of aromatic nitrogens is 2. The Morgan fingerprint density at radius 1 is 1.26 bits per heavy atom. The second kappa shape index (κ2) is 8.24.